The Morgan fingerprint density at radius 2 is 1.67 bits per heavy atom. The van der Waals surface area contributed by atoms with Gasteiger partial charge in [-0.05, 0) is 55.9 Å². The molecule has 0 bridgehead atoms. The van der Waals surface area contributed by atoms with Gasteiger partial charge in [-0.15, -0.1) is 0 Å². The number of hydrogen-bond acceptors (Lipinski definition) is 1. The van der Waals surface area contributed by atoms with Crippen LogP contribution in [0.2, 0.25) is 0 Å². The zero-order valence-corrected chi connectivity index (χ0v) is 14.1. The molecule has 21 heavy (non-hydrogen) atoms. The topological polar surface area (TPSA) is 12.0 Å². The smallest absolute Gasteiger partial charge is 0.00700 e. The van der Waals surface area contributed by atoms with Crippen molar-refractivity contribution in [2.45, 2.75) is 83.7 Å². The molecule has 1 aromatic rings. The van der Waals surface area contributed by atoms with Crippen molar-refractivity contribution in [3.8, 4) is 0 Å². The van der Waals surface area contributed by atoms with E-state index in [1.807, 2.05) is 0 Å². The standard InChI is InChI=1S/C20H33N/c1-4-16(3)15-19(5-2)21-20-13-11-18(12-14-20)17-9-7-6-8-10-17/h6-10,16,18-21H,4-5,11-15H2,1-3H3. The van der Waals surface area contributed by atoms with Crippen LogP contribution in [-0.4, -0.2) is 12.1 Å². The van der Waals surface area contributed by atoms with Crippen molar-refractivity contribution in [3.05, 3.63) is 35.9 Å². The highest BCUT2D eigenvalue weighted by molar-refractivity contribution is 5.20. The van der Waals surface area contributed by atoms with Gasteiger partial charge in [0.15, 0.2) is 0 Å². The number of benzene rings is 1. The lowest BCUT2D eigenvalue weighted by Gasteiger charge is -2.33. The van der Waals surface area contributed by atoms with Crippen LogP contribution in [0.25, 0.3) is 0 Å². The fourth-order valence-electron chi connectivity index (χ4n) is 3.66. The van der Waals surface area contributed by atoms with Crippen molar-refractivity contribution in [1.82, 2.24) is 5.32 Å². The Bertz CT molecular complexity index is 378. The van der Waals surface area contributed by atoms with Gasteiger partial charge in [-0.1, -0.05) is 57.5 Å². The molecular formula is C20H33N. The third-order valence-corrected chi connectivity index (χ3v) is 5.35. The van der Waals surface area contributed by atoms with Crippen LogP contribution in [0.5, 0.6) is 0 Å². The predicted molar refractivity (Wildman–Crippen MR) is 92.7 cm³/mol. The van der Waals surface area contributed by atoms with Gasteiger partial charge in [0, 0.05) is 12.1 Å². The van der Waals surface area contributed by atoms with Crippen LogP contribution in [0.3, 0.4) is 0 Å². The van der Waals surface area contributed by atoms with E-state index in [4.69, 9.17) is 0 Å². The molecule has 0 heterocycles. The van der Waals surface area contributed by atoms with Gasteiger partial charge in [-0.3, -0.25) is 0 Å². The molecular weight excluding hydrogens is 254 g/mol. The van der Waals surface area contributed by atoms with Crippen molar-refractivity contribution in [2.75, 3.05) is 0 Å². The van der Waals surface area contributed by atoms with Crippen LogP contribution in [0.15, 0.2) is 30.3 Å². The molecule has 2 unspecified atom stereocenters. The molecule has 0 saturated heterocycles. The Kier molecular flexibility index (Phi) is 6.76. The second kappa shape index (κ2) is 8.58. The van der Waals surface area contributed by atoms with Crippen LogP contribution in [-0.2, 0) is 0 Å². The third-order valence-electron chi connectivity index (χ3n) is 5.35. The summed E-state index contributed by atoms with van der Waals surface area (Å²) in [6.45, 7) is 7.02. The van der Waals surface area contributed by atoms with Gasteiger partial charge in [0.1, 0.15) is 0 Å². The monoisotopic (exact) mass is 287 g/mol. The molecule has 0 spiro atoms. The average molecular weight is 287 g/mol. The van der Waals surface area contributed by atoms with E-state index in [2.05, 4.69) is 56.4 Å². The molecule has 1 saturated carbocycles. The molecule has 1 N–H and O–H groups in total. The first-order valence-electron chi connectivity index (χ1n) is 9.03. The van der Waals surface area contributed by atoms with Gasteiger partial charge in [0.05, 0.1) is 0 Å². The first-order chi connectivity index (χ1) is 10.2. The highest BCUT2D eigenvalue weighted by Crippen LogP contribution is 2.33. The maximum atomic E-state index is 3.94. The Morgan fingerprint density at radius 3 is 2.24 bits per heavy atom. The lowest BCUT2D eigenvalue weighted by molar-refractivity contribution is 0.285. The predicted octanol–water partition coefficient (Wildman–Crippen LogP) is 5.52. The van der Waals surface area contributed by atoms with Crippen molar-refractivity contribution in [3.63, 3.8) is 0 Å². The van der Waals surface area contributed by atoms with Gasteiger partial charge in [-0.25, -0.2) is 0 Å². The van der Waals surface area contributed by atoms with Crippen LogP contribution in [0.4, 0.5) is 0 Å². The summed E-state index contributed by atoms with van der Waals surface area (Å²) < 4.78 is 0. The SMILES string of the molecule is CCC(C)CC(CC)NC1CCC(c2ccccc2)CC1. The molecule has 1 nitrogen and oxygen atoms in total. The Morgan fingerprint density at radius 1 is 1.00 bits per heavy atom. The third kappa shape index (κ3) is 5.14. The molecule has 1 fully saturated rings. The normalized spacial score (nSPS) is 25.5. The van der Waals surface area contributed by atoms with E-state index in [9.17, 15) is 0 Å². The molecule has 118 valence electrons. The van der Waals surface area contributed by atoms with Gasteiger partial charge in [-0.2, -0.15) is 0 Å². The van der Waals surface area contributed by atoms with Crippen molar-refractivity contribution < 1.29 is 0 Å². The zero-order valence-electron chi connectivity index (χ0n) is 14.1. The Labute approximate surface area is 131 Å². The second-order valence-corrected chi connectivity index (χ2v) is 6.98. The second-order valence-electron chi connectivity index (χ2n) is 6.98. The lowest BCUT2D eigenvalue weighted by Crippen LogP contribution is -2.40. The number of nitrogens with one attached hydrogen (secondary N) is 1. The van der Waals surface area contributed by atoms with Gasteiger partial charge < -0.3 is 5.32 Å². The first kappa shape index (κ1) is 16.5. The molecule has 0 radical (unpaired) electrons. The average Bonchev–Trinajstić information content (AvgIpc) is 2.55. The molecule has 0 aromatic heterocycles. The summed E-state index contributed by atoms with van der Waals surface area (Å²) in [7, 11) is 0. The maximum absolute atomic E-state index is 3.94. The summed E-state index contributed by atoms with van der Waals surface area (Å²) in [5.74, 6) is 1.64. The van der Waals surface area contributed by atoms with E-state index in [0.717, 1.165) is 23.9 Å². The summed E-state index contributed by atoms with van der Waals surface area (Å²) in [4.78, 5) is 0. The highest BCUT2D eigenvalue weighted by atomic mass is 14.9. The summed E-state index contributed by atoms with van der Waals surface area (Å²) in [5.41, 5.74) is 1.54. The molecule has 1 heteroatoms. The van der Waals surface area contributed by atoms with E-state index in [1.54, 1.807) is 5.56 Å². The summed E-state index contributed by atoms with van der Waals surface area (Å²) in [6.07, 6.45) is 9.30. The highest BCUT2D eigenvalue weighted by Gasteiger charge is 2.24. The van der Waals surface area contributed by atoms with E-state index in [1.165, 1.54) is 44.9 Å². The molecule has 0 aliphatic heterocycles. The van der Waals surface area contributed by atoms with E-state index < -0.39 is 0 Å². The van der Waals surface area contributed by atoms with Crippen molar-refractivity contribution >= 4 is 0 Å². The van der Waals surface area contributed by atoms with Gasteiger partial charge in [0.25, 0.3) is 0 Å². The van der Waals surface area contributed by atoms with Crippen LogP contribution >= 0.6 is 0 Å². The number of rotatable bonds is 7. The first-order valence-corrected chi connectivity index (χ1v) is 9.03. The largest absolute Gasteiger partial charge is 0.311 e. The van der Waals surface area contributed by atoms with Crippen molar-refractivity contribution in [1.29, 1.82) is 0 Å². The molecule has 1 aliphatic carbocycles. The minimum absolute atomic E-state index is 0.721. The van der Waals surface area contributed by atoms with E-state index >= 15 is 0 Å². The minimum Gasteiger partial charge on any atom is -0.311 e. The summed E-state index contributed by atoms with van der Waals surface area (Å²) >= 11 is 0. The minimum atomic E-state index is 0.721. The zero-order chi connectivity index (χ0) is 15.1. The maximum Gasteiger partial charge on any atom is 0.00700 e. The fraction of sp³-hybridized carbons (Fsp3) is 0.700. The van der Waals surface area contributed by atoms with Gasteiger partial charge >= 0.3 is 0 Å². The van der Waals surface area contributed by atoms with Gasteiger partial charge in [0.2, 0.25) is 0 Å². The molecule has 0 amide bonds. The molecule has 2 atom stereocenters. The summed E-state index contributed by atoms with van der Waals surface area (Å²) in [5, 5.41) is 3.94. The molecule has 1 aliphatic rings. The molecule has 1 aromatic carbocycles. The van der Waals surface area contributed by atoms with E-state index in [-0.39, 0.29) is 0 Å². The number of hydrogen-bond donors (Lipinski definition) is 1. The lowest BCUT2D eigenvalue weighted by atomic mass is 9.81. The Hall–Kier alpha value is -0.820. The Balaban J connectivity index is 1.78. The van der Waals surface area contributed by atoms with Crippen LogP contribution in [0.1, 0.15) is 77.2 Å². The summed E-state index contributed by atoms with van der Waals surface area (Å²) in [6, 6.07) is 12.6. The van der Waals surface area contributed by atoms with E-state index in [0.29, 0.717) is 0 Å². The van der Waals surface area contributed by atoms with Crippen LogP contribution < -0.4 is 5.32 Å². The quantitative estimate of drug-likeness (QED) is 0.696. The molecule has 2 rings (SSSR count). The van der Waals surface area contributed by atoms with Crippen LogP contribution in [0, 0.1) is 5.92 Å². The fourth-order valence-corrected chi connectivity index (χ4v) is 3.66. The van der Waals surface area contributed by atoms with Crippen molar-refractivity contribution in [2.24, 2.45) is 5.92 Å².